The predicted molar refractivity (Wildman–Crippen MR) is 85.0 cm³/mol. The summed E-state index contributed by atoms with van der Waals surface area (Å²) in [5, 5.41) is 3.53. The fourth-order valence-corrected chi connectivity index (χ4v) is 2.85. The van der Waals surface area contributed by atoms with E-state index in [-0.39, 0.29) is 0 Å². The van der Waals surface area contributed by atoms with Crippen LogP contribution in [0.3, 0.4) is 0 Å². The molecule has 1 fully saturated rings. The van der Waals surface area contributed by atoms with Gasteiger partial charge in [0.15, 0.2) is 0 Å². The van der Waals surface area contributed by atoms with Crippen LogP contribution in [-0.4, -0.2) is 11.5 Å². The molecule has 1 saturated carbocycles. The Morgan fingerprint density at radius 1 is 1.50 bits per heavy atom. The number of rotatable bonds is 5. The minimum absolute atomic E-state index is 0.433. The topological polar surface area (TPSA) is 38.0 Å². The van der Waals surface area contributed by atoms with Crippen molar-refractivity contribution < 1.29 is 0 Å². The zero-order chi connectivity index (χ0) is 13.3. The zero-order valence-electron chi connectivity index (χ0n) is 10.8. The first-order chi connectivity index (χ1) is 8.44. The first-order valence-corrected chi connectivity index (χ1v) is 7.48. The molecule has 4 heteroatoms. The third-order valence-electron chi connectivity index (χ3n) is 4.00. The Bertz CT molecular complexity index is 467. The van der Waals surface area contributed by atoms with Crippen LogP contribution in [0, 0.1) is 11.3 Å². The van der Waals surface area contributed by atoms with Gasteiger partial charge in [-0.15, -0.1) is 0 Å². The van der Waals surface area contributed by atoms with Crippen LogP contribution >= 0.6 is 28.1 Å². The van der Waals surface area contributed by atoms with Crippen LogP contribution in [0.15, 0.2) is 22.7 Å². The molecule has 1 aromatic rings. The van der Waals surface area contributed by atoms with E-state index in [1.165, 1.54) is 12.8 Å². The Hall–Kier alpha value is -0.610. The van der Waals surface area contributed by atoms with Gasteiger partial charge in [0.25, 0.3) is 0 Å². The van der Waals surface area contributed by atoms with E-state index in [1.807, 2.05) is 18.2 Å². The van der Waals surface area contributed by atoms with Crippen LogP contribution < -0.4 is 11.1 Å². The minimum atomic E-state index is 0.433. The molecule has 1 aliphatic carbocycles. The van der Waals surface area contributed by atoms with Crippen molar-refractivity contribution in [1.82, 2.24) is 0 Å². The Balaban J connectivity index is 2.04. The summed E-state index contributed by atoms with van der Waals surface area (Å²) in [7, 11) is 0. The van der Waals surface area contributed by atoms with E-state index in [0.29, 0.717) is 10.4 Å². The van der Waals surface area contributed by atoms with Gasteiger partial charge < -0.3 is 11.1 Å². The summed E-state index contributed by atoms with van der Waals surface area (Å²) >= 11 is 8.53. The molecule has 3 N–H and O–H groups in total. The molecule has 1 aliphatic rings. The maximum atomic E-state index is 5.62. The Labute approximate surface area is 122 Å². The fraction of sp³-hybridized carbons (Fsp3) is 0.500. The lowest BCUT2D eigenvalue weighted by Gasteiger charge is -2.21. The summed E-state index contributed by atoms with van der Waals surface area (Å²) in [6.07, 6.45) is 2.67. The molecule has 0 spiro atoms. The van der Waals surface area contributed by atoms with Gasteiger partial charge in [0.05, 0.1) is 0 Å². The normalized spacial score (nSPS) is 16.7. The molecule has 98 valence electrons. The summed E-state index contributed by atoms with van der Waals surface area (Å²) in [6.45, 7) is 5.65. The molecule has 0 unspecified atom stereocenters. The quantitative estimate of drug-likeness (QED) is 0.805. The van der Waals surface area contributed by atoms with Crippen LogP contribution in [-0.2, 0) is 0 Å². The molecule has 1 aromatic carbocycles. The van der Waals surface area contributed by atoms with E-state index in [0.717, 1.165) is 28.2 Å². The molecular formula is C14H19BrN2S. The lowest BCUT2D eigenvalue weighted by atomic mass is 9.92. The summed E-state index contributed by atoms with van der Waals surface area (Å²) in [6, 6.07) is 5.97. The first kappa shape index (κ1) is 13.8. The van der Waals surface area contributed by atoms with E-state index >= 15 is 0 Å². The lowest BCUT2D eigenvalue weighted by Crippen LogP contribution is -2.21. The number of hydrogen-bond donors (Lipinski definition) is 2. The maximum absolute atomic E-state index is 5.62. The second kappa shape index (κ2) is 5.17. The van der Waals surface area contributed by atoms with Crippen molar-refractivity contribution in [2.75, 3.05) is 11.9 Å². The third-order valence-corrected chi connectivity index (χ3v) is 4.89. The zero-order valence-corrected chi connectivity index (χ0v) is 13.2. The summed E-state index contributed by atoms with van der Waals surface area (Å²) in [4.78, 5) is 0.433. The van der Waals surface area contributed by atoms with Crippen LogP contribution in [0.2, 0.25) is 0 Å². The highest BCUT2D eigenvalue weighted by Crippen LogP contribution is 2.51. The molecule has 0 amide bonds. The summed E-state index contributed by atoms with van der Waals surface area (Å²) in [5.41, 5.74) is 8.13. The van der Waals surface area contributed by atoms with E-state index < -0.39 is 0 Å². The van der Waals surface area contributed by atoms with Gasteiger partial charge in [0.1, 0.15) is 4.99 Å². The first-order valence-electron chi connectivity index (χ1n) is 6.28. The summed E-state index contributed by atoms with van der Waals surface area (Å²) < 4.78 is 1.02. The van der Waals surface area contributed by atoms with Crippen molar-refractivity contribution in [2.45, 2.75) is 26.7 Å². The Kier molecular flexibility index (Phi) is 3.97. The van der Waals surface area contributed by atoms with Crippen LogP contribution in [0.25, 0.3) is 0 Å². The molecule has 2 rings (SSSR count). The van der Waals surface area contributed by atoms with Gasteiger partial charge in [-0.05, 0) is 58.3 Å². The number of nitrogens with two attached hydrogens (primary N) is 1. The standard InChI is InChI=1S/C14H19BrN2S/c1-9(2)14(5-6-14)8-17-12-4-3-10(13(16)18)7-11(12)15/h3-4,7,9,17H,5-6,8H2,1-2H3,(H2,16,18). The van der Waals surface area contributed by atoms with Crippen molar-refractivity contribution in [3.05, 3.63) is 28.2 Å². The van der Waals surface area contributed by atoms with Crippen LogP contribution in [0.5, 0.6) is 0 Å². The average Bonchev–Trinajstić information content (AvgIpc) is 3.08. The molecule has 0 heterocycles. The highest BCUT2D eigenvalue weighted by atomic mass is 79.9. The van der Waals surface area contributed by atoms with E-state index in [4.69, 9.17) is 18.0 Å². The molecule has 0 atom stereocenters. The van der Waals surface area contributed by atoms with Crippen molar-refractivity contribution >= 4 is 38.8 Å². The van der Waals surface area contributed by atoms with Crippen molar-refractivity contribution in [3.8, 4) is 0 Å². The molecule has 0 aromatic heterocycles. The molecule has 0 aliphatic heterocycles. The van der Waals surface area contributed by atoms with Gasteiger partial charge in [-0.3, -0.25) is 0 Å². The van der Waals surface area contributed by atoms with Crippen molar-refractivity contribution in [3.63, 3.8) is 0 Å². The van der Waals surface area contributed by atoms with Gasteiger partial charge in [0.2, 0.25) is 0 Å². The SMILES string of the molecule is CC(C)C1(CNc2ccc(C(N)=S)cc2Br)CC1. The minimum Gasteiger partial charge on any atom is -0.389 e. The molecule has 2 nitrogen and oxygen atoms in total. The van der Waals surface area contributed by atoms with Gasteiger partial charge in [-0.1, -0.05) is 26.1 Å². The monoisotopic (exact) mass is 326 g/mol. The fourth-order valence-electron chi connectivity index (χ4n) is 2.20. The highest BCUT2D eigenvalue weighted by molar-refractivity contribution is 9.10. The van der Waals surface area contributed by atoms with E-state index in [9.17, 15) is 0 Å². The Morgan fingerprint density at radius 3 is 2.61 bits per heavy atom. The molecule has 18 heavy (non-hydrogen) atoms. The summed E-state index contributed by atoms with van der Waals surface area (Å²) in [5.74, 6) is 0.736. The maximum Gasteiger partial charge on any atom is 0.104 e. The second-order valence-corrected chi connectivity index (χ2v) is 6.72. The van der Waals surface area contributed by atoms with E-state index in [1.54, 1.807) is 0 Å². The molecule has 0 radical (unpaired) electrons. The van der Waals surface area contributed by atoms with E-state index in [2.05, 4.69) is 35.1 Å². The number of thiocarbonyl (C=S) groups is 1. The van der Waals surface area contributed by atoms with Crippen LogP contribution in [0.1, 0.15) is 32.3 Å². The molecular weight excluding hydrogens is 308 g/mol. The third kappa shape index (κ3) is 2.86. The van der Waals surface area contributed by atoms with Gasteiger partial charge in [-0.2, -0.15) is 0 Å². The van der Waals surface area contributed by atoms with Gasteiger partial charge >= 0.3 is 0 Å². The number of nitrogens with one attached hydrogen (secondary N) is 1. The largest absolute Gasteiger partial charge is 0.389 e. The molecule has 0 saturated heterocycles. The highest BCUT2D eigenvalue weighted by Gasteiger charge is 2.44. The van der Waals surface area contributed by atoms with Gasteiger partial charge in [0, 0.05) is 22.3 Å². The number of anilines is 1. The number of hydrogen-bond acceptors (Lipinski definition) is 2. The van der Waals surface area contributed by atoms with Crippen LogP contribution in [0.4, 0.5) is 5.69 Å². The number of halogens is 1. The Morgan fingerprint density at radius 2 is 2.17 bits per heavy atom. The number of benzene rings is 1. The molecule has 0 bridgehead atoms. The van der Waals surface area contributed by atoms with Gasteiger partial charge in [-0.25, -0.2) is 0 Å². The predicted octanol–water partition coefficient (Wildman–Crippen LogP) is 3.93. The average molecular weight is 327 g/mol. The second-order valence-electron chi connectivity index (χ2n) is 5.43. The van der Waals surface area contributed by atoms with Crippen molar-refractivity contribution in [2.24, 2.45) is 17.1 Å². The lowest BCUT2D eigenvalue weighted by molar-refractivity contribution is 0.380. The smallest absolute Gasteiger partial charge is 0.104 e. The van der Waals surface area contributed by atoms with Crippen molar-refractivity contribution in [1.29, 1.82) is 0 Å².